The molecule has 0 spiro atoms. The van der Waals surface area contributed by atoms with Crippen LogP contribution in [0.25, 0.3) is 0 Å². The van der Waals surface area contributed by atoms with Crippen LogP contribution in [0.3, 0.4) is 0 Å². The molecule has 1 aliphatic carbocycles. The largest absolute Gasteiger partial charge is 0.462 e. The van der Waals surface area contributed by atoms with E-state index < -0.39 is 5.97 Å². The summed E-state index contributed by atoms with van der Waals surface area (Å²) >= 11 is 0. The first-order chi connectivity index (χ1) is 10.2. The van der Waals surface area contributed by atoms with Crippen molar-refractivity contribution in [2.45, 2.75) is 25.2 Å². The van der Waals surface area contributed by atoms with E-state index in [4.69, 9.17) is 10.5 Å². The molecule has 1 aromatic heterocycles. The normalized spacial score (nSPS) is 15.5. The van der Waals surface area contributed by atoms with Gasteiger partial charge in [0.25, 0.3) is 0 Å². The number of hydrogen-bond acceptors (Lipinski definition) is 5. The average molecular weight is 283 g/mol. The quantitative estimate of drug-likeness (QED) is 0.871. The van der Waals surface area contributed by atoms with Crippen LogP contribution >= 0.6 is 0 Å². The lowest BCUT2D eigenvalue weighted by atomic mass is 9.95. The molecule has 0 atom stereocenters. The number of carbonyl (C=O) groups is 1. The Kier molecular flexibility index (Phi) is 3.33. The predicted octanol–water partition coefficient (Wildman–Crippen LogP) is 2.32. The Morgan fingerprint density at radius 2 is 2.05 bits per heavy atom. The highest BCUT2D eigenvalue weighted by molar-refractivity contribution is 5.93. The van der Waals surface area contributed by atoms with E-state index >= 15 is 0 Å². The number of carbonyl (C=O) groups excluding carboxylic acids is 1. The number of benzene rings is 1. The third kappa shape index (κ3) is 2.35. The first-order valence-corrected chi connectivity index (χ1v) is 7.03. The van der Waals surface area contributed by atoms with Crippen LogP contribution in [-0.2, 0) is 10.2 Å². The number of esters is 1. The maximum Gasteiger partial charge on any atom is 0.343 e. The van der Waals surface area contributed by atoms with Gasteiger partial charge in [0.1, 0.15) is 17.2 Å². The van der Waals surface area contributed by atoms with Crippen molar-refractivity contribution in [2.75, 3.05) is 12.3 Å². The molecule has 1 fully saturated rings. The van der Waals surface area contributed by atoms with Crippen molar-refractivity contribution in [3.8, 4) is 0 Å². The lowest BCUT2D eigenvalue weighted by molar-refractivity contribution is 0.0526. The number of nitrogens with zero attached hydrogens (tertiary/aromatic N) is 2. The molecule has 0 bridgehead atoms. The molecule has 0 unspecified atom stereocenters. The minimum Gasteiger partial charge on any atom is -0.462 e. The number of nitrogen functional groups attached to an aromatic ring is 1. The van der Waals surface area contributed by atoms with Crippen LogP contribution in [0.15, 0.2) is 36.5 Å². The van der Waals surface area contributed by atoms with E-state index in [1.54, 1.807) is 6.92 Å². The number of nitrogens with two attached hydrogens (primary N) is 1. The fraction of sp³-hybridized carbons (Fsp3) is 0.312. The lowest BCUT2D eigenvalue weighted by Gasteiger charge is -2.15. The molecule has 108 valence electrons. The summed E-state index contributed by atoms with van der Waals surface area (Å²) < 4.78 is 4.94. The van der Waals surface area contributed by atoms with E-state index in [0.29, 0.717) is 12.4 Å². The monoisotopic (exact) mass is 283 g/mol. The Hall–Kier alpha value is -2.43. The fourth-order valence-corrected chi connectivity index (χ4v) is 2.52. The second-order valence-corrected chi connectivity index (χ2v) is 5.16. The molecule has 1 aromatic carbocycles. The summed E-state index contributed by atoms with van der Waals surface area (Å²) in [4.78, 5) is 20.4. The Labute approximate surface area is 123 Å². The van der Waals surface area contributed by atoms with Crippen LogP contribution in [-0.4, -0.2) is 22.5 Å². The molecule has 0 saturated heterocycles. The molecule has 0 amide bonds. The van der Waals surface area contributed by atoms with Crippen molar-refractivity contribution in [3.63, 3.8) is 0 Å². The van der Waals surface area contributed by atoms with Crippen LogP contribution in [0.2, 0.25) is 0 Å². The molecule has 3 rings (SSSR count). The van der Waals surface area contributed by atoms with Gasteiger partial charge in [0.15, 0.2) is 0 Å². The van der Waals surface area contributed by atoms with Gasteiger partial charge in [0.05, 0.1) is 12.0 Å². The molecule has 2 N–H and O–H groups in total. The third-order valence-electron chi connectivity index (χ3n) is 3.82. The predicted molar refractivity (Wildman–Crippen MR) is 78.9 cm³/mol. The summed E-state index contributed by atoms with van der Waals surface area (Å²) in [6.45, 7) is 2.05. The molecule has 1 aliphatic rings. The van der Waals surface area contributed by atoms with Gasteiger partial charge in [0, 0.05) is 6.20 Å². The summed E-state index contributed by atoms with van der Waals surface area (Å²) in [5.74, 6) is 0.381. The highest BCUT2D eigenvalue weighted by Gasteiger charge is 2.48. The van der Waals surface area contributed by atoms with Crippen molar-refractivity contribution in [3.05, 3.63) is 53.5 Å². The Balaban J connectivity index is 1.94. The van der Waals surface area contributed by atoms with Crippen LogP contribution in [0.1, 0.15) is 41.5 Å². The molecular formula is C16H17N3O2. The Morgan fingerprint density at radius 3 is 2.62 bits per heavy atom. The highest BCUT2D eigenvalue weighted by Crippen LogP contribution is 2.52. The maximum absolute atomic E-state index is 11.7. The van der Waals surface area contributed by atoms with E-state index in [1.165, 1.54) is 11.8 Å². The number of aromatic nitrogens is 2. The van der Waals surface area contributed by atoms with Crippen LogP contribution in [0.5, 0.6) is 0 Å². The van der Waals surface area contributed by atoms with E-state index in [2.05, 4.69) is 22.1 Å². The average Bonchev–Trinajstić information content (AvgIpc) is 3.30. The van der Waals surface area contributed by atoms with Crippen LogP contribution < -0.4 is 5.73 Å². The SMILES string of the molecule is CCOC(=O)c1cnc(C2(c3ccccc3)CC2)nc1N. The summed E-state index contributed by atoms with van der Waals surface area (Å²) in [5, 5.41) is 0. The van der Waals surface area contributed by atoms with E-state index in [0.717, 1.165) is 12.8 Å². The number of rotatable bonds is 4. The molecule has 1 saturated carbocycles. The molecule has 2 aromatic rings. The van der Waals surface area contributed by atoms with Gasteiger partial charge in [-0.2, -0.15) is 0 Å². The first kappa shape index (κ1) is 13.5. The van der Waals surface area contributed by atoms with Gasteiger partial charge in [-0.25, -0.2) is 14.8 Å². The Bertz CT molecular complexity index is 666. The van der Waals surface area contributed by atoms with Crippen molar-refractivity contribution in [1.82, 2.24) is 9.97 Å². The van der Waals surface area contributed by atoms with Gasteiger partial charge in [-0.05, 0) is 25.3 Å². The zero-order chi connectivity index (χ0) is 14.9. The van der Waals surface area contributed by atoms with Gasteiger partial charge < -0.3 is 10.5 Å². The summed E-state index contributed by atoms with van der Waals surface area (Å²) in [6.07, 6.45) is 3.46. The third-order valence-corrected chi connectivity index (χ3v) is 3.82. The summed E-state index contributed by atoms with van der Waals surface area (Å²) in [7, 11) is 0. The minimum absolute atomic E-state index is 0.150. The maximum atomic E-state index is 11.7. The summed E-state index contributed by atoms with van der Waals surface area (Å²) in [5.41, 5.74) is 7.17. The fourth-order valence-electron chi connectivity index (χ4n) is 2.52. The lowest BCUT2D eigenvalue weighted by Crippen LogP contribution is -2.17. The zero-order valence-electron chi connectivity index (χ0n) is 11.9. The Morgan fingerprint density at radius 1 is 1.33 bits per heavy atom. The van der Waals surface area contributed by atoms with Gasteiger partial charge in [0.2, 0.25) is 0 Å². The van der Waals surface area contributed by atoms with Gasteiger partial charge in [-0.1, -0.05) is 30.3 Å². The molecule has 0 aliphatic heterocycles. The van der Waals surface area contributed by atoms with Crippen molar-refractivity contribution < 1.29 is 9.53 Å². The standard InChI is InChI=1S/C16H17N3O2/c1-2-21-14(20)12-10-18-15(19-13(12)17)16(8-9-16)11-6-4-3-5-7-11/h3-7,10H,2,8-9H2,1H3,(H2,17,18,19). The van der Waals surface area contributed by atoms with Gasteiger partial charge in [-0.3, -0.25) is 0 Å². The molecule has 0 radical (unpaired) electrons. The second-order valence-electron chi connectivity index (χ2n) is 5.16. The van der Waals surface area contributed by atoms with Gasteiger partial charge in [-0.15, -0.1) is 0 Å². The first-order valence-electron chi connectivity index (χ1n) is 7.03. The topological polar surface area (TPSA) is 78.1 Å². The molecule has 1 heterocycles. The number of anilines is 1. The second kappa shape index (κ2) is 5.16. The molecule has 5 nitrogen and oxygen atoms in total. The van der Waals surface area contributed by atoms with Gasteiger partial charge >= 0.3 is 5.97 Å². The number of hydrogen-bond donors (Lipinski definition) is 1. The van der Waals surface area contributed by atoms with E-state index in [9.17, 15) is 4.79 Å². The van der Waals surface area contributed by atoms with Crippen molar-refractivity contribution in [2.24, 2.45) is 0 Å². The van der Waals surface area contributed by atoms with Crippen molar-refractivity contribution in [1.29, 1.82) is 0 Å². The molecule has 5 heteroatoms. The van der Waals surface area contributed by atoms with Crippen molar-refractivity contribution >= 4 is 11.8 Å². The van der Waals surface area contributed by atoms with E-state index in [1.807, 2.05) is 18.2 Å². The minimum atomic E-state index is -0.480. The van der Waals surface area contributed by atoms with Crippen LogP contribution in [0, 0.1) is 0 Å². The highest BCUT2D eigenvalue weighted by atomic mass is 16.5. The number of ether oxygens (including phenoxy) is 1. The smallest absolute Gasteiger partial charge is 0.343 e. The molecule has 21 heavy (non-hydrogen) atoms. The van der Waals surface area contributed by atoms with Crippen LogP contribution in [0.4, 0.5) is 5.82 Å². The molecular weight excluding hydrogens is 266 g/mol. The van der Waals surface area contributed by atoms with E-state index in [-0.39, 0.29) is 16.8 Å². The zero-order valence-corrected chi connectivity index (χ0v) is 11.9. The summed E-state index contributed by atoms with van der Waals surface area (Å²) in [6, 6.07) is 10.1.